The first-order valence-corrected chi connectivity index (χ1v) is 11.4. The van der Waals surface area contributed by atoms with Crippen molar-refractivity contribution in [3.8, 4) is 0 Å². The van der Waals surface area contributed by atoms with Crippen molar-refractivity contribution < 1.29 is 27.2 Å². The largest absolute Gasteiger partial charge is 0.416 e. The highest BCUT2D eigenvalue weighted by Gasteiger charge is 2.35. The lowest BCUT2D eigenvalue weighted by Crippen LogP contribution is -2.63. The topological polar surface area (TPSA) is 61.4 Å². The quantitative estimate of drug-likeness (QED) is 0.616. The van der Waals surface area contributed by atoms with Crippen LogP contribution in [0.5, 0.6) is 0 Å². The minimum atomic E-state index is -4.70. The molecule has 2 N–H and O–H groups in total. The van der Waals surface area contributed by atoms with Gasteiger partial charge in [-0.15, -0.1) is 0 Å². The molecule has 182 valence electrons. The summed E-state index contributed by atoms with van der Waals surface area (Å²) >= 11 is 0. The smallest absolute Gasteiger partial charge is 0.349 e. The molecular weight excluding hydrogens is 450 g/mol. The highest BCUT2D eigenvalue weighted by molar-refractivity contribution is 5.96. The number of hydrogen-bond acceptors (Lipinski definition) is 3. The molecule has 1 aliphatic carbocycles. The summed E-state index contributed by atoms with van der Waals surface area (Å²) in [6.07, 6.45) is -0.199. The molecule has 0 spiro atoms. The molecule has 1 heterocycles. The number of likely N-dealkylation sites (tertiary alicyclic amines) is 1. The Morgan fingerprint density at radius 2 is 1.65 bits per heavy atom. The molecule has 9 heteroatoms. The van der Waals surface area contributed by atoms with Crippen LogP contribution in [0, 0.1) is 5.82 Å². The van der Waals surface area contributed by atoms with Gasteiger partial charge in [-0.3, -0.25) is 14.5 Å². The van der Waals surface area contributed by atoms with Crippen LogP contribution in [0.15, 0.2) is 48.5 Å². The van der Waals surface area contributed by atoms with E-state index in [0.29, 0.717) is 30.2 Å². The van der Waals surface area contributed by atoms with E-state index >= 15 is 0 Å². The third-order valence-corrected chi connectivity index (χ3v) is 6.71. The fourth-order valence-electron chi connectivity index (χ4n) is 4.81. The first kappa shape index (κ1) is 24.2. The van der Waals surface area contributed by atoms with Crippen LogP contribution in [-0.2, 0) is 11.0 Å². The summed E-state index contributed by atoms with van der Waals surface area (Å²) < 4.78 is 52.2. The molecule has 34 heavy (non-hydrogen) atoms. The van der Waals surface area contributed by atoms with Gasteiger partial charge in [0.25, 0.3) is 5.91 Å². The van der Waals surface area contributed by atoms with Crippen LogP contribution >= 0.6 is 0 Å². The van der Waals surface area contributed by atoms with Gasteiger partial charge in [0.2, 0.25) is 5.91 Å². The molecular formula is C25H27F4N3O2. The number of benzene rings is 2. The average molecular weight is 478 g/mol. The predicted octanol–water partition coefficient (Wildman–Crippen LogP) is 4.10. The van der Waals surface area contributed by atoms with E-state index in [2.05, 4.69) is 39.8 Å². The Morgan fingerprint density at radius 1 is 0.971 bits per heavy atom. The van der Waals surface area contributed by atoms with E-state index in [1.807, 2.05) is 6.07 Å². The van der Waals surface area contributed by atoms with Crippen molar-refractivity contribution >= 4 is 11.8 Å². The minimum absolute atomic E-state index is 0.0402. The summed E-state index contributed by atoms with van der Waals surface area (Å²) in [5.74, 6) is -2.01. The van der Waals surface area contributed by atoms with Gasteiger partial charge in [-0.05, 0) is 55.4 Å². The fraction of sp³-hybridized carbons (Fsp3) is 0.440. The lowest BCUT2D eigenvalue weighted by atomic mass is 9.80. The zero-order chi connectivity index (χ0) is 24.3. The van der Waals surface area contributed by atoms with Crippen LogP contribution < -0.4 is 10.6 Å². The van der Waals surface area contributed by atoms with Gasteiger partial charge in [0.05, 0.1) is 23.7 Å². The lowest BCUT2D eigenvalue weighted by Gasteiger charge is -2.46. The third kappa shape index (κ3) is 5.75. The maximum atomic E-state index is 13.8. The molecule has 0 radical (unpaired) electrons. The number of hydrogen-bond donors (Lipinski definition) is 2. The van der Waals surface area contributed by atoms with Gasteiger partial charge in [0.1, 0.15) is 5.82 Å². The summed E-state index contributed by atoms with van der Waals surface area (Å²) in [6.45, 7) is 1.01. The monoisotopic (exact) mass is 477 g/mol. The Labute approximate surface area is 195 Å². The standard InChI is InChI=1S/C25H27F4N3O2/c26-22-11-8-18(25(27,28)29)12-21(22)24(34)30-13-23(33)31-19-14-32(15-19)20-9-6-17(7-10-20)16-4-2-1-3-5-16/h1-5,8,11-12,17,19-20H,6-7,9-10,13-15H2,(H,30,34)(H,31,33). The van der Waals surface area contributed by atoms with Crippen molar-refractivity contribution in [1.29, 1.82) is 0 Å². The second-order valence-electron chi connectivity index (χ2n) is 9.01. The van der Waals surface area contributed by atoms with E-state index in [1.54, 1.807) is 0 Å². The predicted molar refractivity (Wildman–Crippen MR) is 119 cm³/mol. The number of nitrogens with zero attached hydrogens (tertiary/aromatic N) is 1. The molecule has 0 aromatic heterocycles. The molecule has 1 saturated carbocycles. The molecule has 5 nitrogen and oxygen atoms in total. The third-order valence-electron chi connectivity index (χ3n) is 6.71. The highest BCUT2D eigenvalue weighted by Crippen LogP contribution is 2.36. The number of alkyl halides is 3. The van der Waals surface area contributed by atoms with Crippen LogP contribution in [0.4, 0.5) is 17.6 Å². The Bertz CT molecular complexity index is 1010. The van der Waals surface area contributed by atoms with Crippen molar-refractivity contribution in [2.75, 3.05) is 19.6 Å². The second kappa shape index (κ2) is 10.1. The molecule has 0 atom stereocenters. The Morgan fingerprint density at radius 3 is 2.29 bits per heavy atom. The molecule has 1 saturated heterocycles. The summed E-state index contributed by atoms with van der Waals surface area (Å²) in [5, 5.41) is 5.00. The van der Waals surface area contributed by atoms with Crippen molar-refractivity contribution in [3.63, 3.8) is 0 Å². The van der Waals surface area contributed by atoms with E-state index in [1.165, 1.54) is 5.56 Å². The van der Waals surface area contributed by atoms with E-state index in [0.717, 1.165) is 38.8 Å². The van der Waals surface area contributed by atoms with Gasteiger partial charge >= 0.3 is 6.18 Å². The van der Waals surface area contributed by atoms with Crippen LogP contribution in [0.2, 0.25) is 0 Å². The van der Waals surface area contributed by atoms with Crippen molar-refractivity contribution in [1.82, 2.24) is 15.5 Å². The van der Waals surface area contributed by atoms with Gasteiger partial charge < -0.3 is 10.6 Å². The van der Waals surface area contributed by atoms with Crippen LogP contribution in [-0.4, -0.2) is 48.4 Å². The molecule has 4 rings (SSSR count). The molecule has 0 bridgehead atoms. The van der Waals surface area contributed by atoms with E-state index in [9.17, 15) is 27.2 Å². The zero-order valence-electron chi connectivity index (χ0n) is 18.6. The molecule has 0 unspecified atom stereocenters. The lowest BCUT2D eigenvalue weighted by molar-refractivity contribution is -0.137. The van der Waals surface area contributed by atoms with Crippen molar-refractivity contribution in [2.24, 2.45) is 0 Å². The molecule has 2 aromatic carbocycles. The number of halogens is 4. The number of amides is 2. The number of rotatable bonds is 6. The van der Waals surface area contributed by atoms with Crippen LogP contribution in [0.25, 0.3) is 0 Å². The Hall–Kier alpha value is -2.94. The molecule has 2 aliphatic rings. The normalized spacial score (nSPS) is 21.5. The summed E-state index contributed by atoms with van der Waals surface area (Å²) in [7, 11) is 0. The Kier molecular flexibility index (Phi) is 7.21. The Balaban J connectivity index is 1.18. The fourth-order valence-corrected chi connectivity index (χ4v) is 4.81. The van der Waals surface area contributed by atoms with Gasteiger partial charge in [0, 0.05) is 19.1 Å². The second-order valence-corrected chi connectivity index (χ2v) is 9.01. The van der Waals surface area contributed by atoms with Gasteiger partial charge in [0.15, 0.2) is 0 Å². The number of carbonyl (C=O) groups excluding carboxylic acids is 2. The minimum Gasteiger partial charge on any atom is -0.349 e. The summed E-state index contributed by atoms with van der Waals surface area (Å²) in [4.78, 5) is 26.6. The van der Waals surface area contributed by atoms with Crippen LogP contribution in [0.1, 0.15) is 53.1 Å². The molecule has 2 fully saturated rings. The number of nitrogens with one attached hydrogen (secondary N) is 2. The summed E-state index contributed by atoms with van der Waals surface area (Å²) in [6, 6.07) is 12.6. The molecule has 2 aromatic rings. The SMILES string of the molecule is O=C(CNC(=O)c1cc(C(F)(F)F)ccc1F)NC1CN(C2CCC(c3ccccc3)CC2)C1. The van der Waals surface area contributed by atoms with Crippen molar-refractivity contribution in [2.45, 2.75) is 49.9 Å². The zero-order valence-corrected chi connectivity index (χ0v) is 18.6. The molecule has 2 amide bonds. The summed E-state index contributed by atoms with van der Waals surface area (Å²) in [5.41, 5.74) is -0.485. The van der Waals surface area contributed by atoms with E-state index in [-0.39, 0.29) is 6.04 Å². The number of carbonyl (C=O) groups is 2. The highest BCUT2D eigenvalue weighted by atomic mass is 19.4. The van der Waals surface area contributed by atoms with E-state index in [4.69, 9.17) is 0 Å². The van der Waals surface area contributed by atoms with Gasteiger partial charge in [-0.2, -0.15) is 13.2 Å². The van der Waals surface area contributed by atoms with Gasteiger partial charge in [-0.25, -0.2) is 4.39 Å². The maximum absolute atomic E-state index is 13.8. The van der Waals surface area contributed by atoms with Gasteiger partial charge in [-0.1, -0.05) is 30.3 Å². The first-order chi connectivity index (χ1) is 16.2. The first-order valence-electron chi connectivity index (χ1n) is 11.4. The van der Waals surface area contributed by atoms with Crippen LogP contribution in [0.3, 0.4) is 0 Å². The molecule has 1 aliphatic heterocycles. The maximum Gasteiger partial charge on any atom is 0.416 e. The van der Waals surface area contributed by atoms with E-state index < -0.39 is 41.5 Å². The van der Waals surface area contributed by atoms with Crippen molar-refractivity contribution in [3.05, 3.63) is 71.0 Å². The average Bonchev–Trinajstić information content (AvgIpc) is 2.80.